The van der Waals surface area contributed by atoms with Crippen LogP contribution in [0.4, 0.5) is 11.4 Å². The molecule has 0 unspecified atom stereocenters. The van der Waals surface area contributed by atoms with Crippen molar-refractivity contribution in [3.63, 3.8) is 0 Å². The second-order valence-corrected chi connectivity index (χ2v) is 27.7. The molecule has 0 saturated heterocycles. The van der Waals surface area contributed by atoms with Crippen molar-refractivity contribution in [2.24, 2.45) is 0 Å². The molecule has 0 saturated carbocycles. The lowest BCUT2D eigenvalue weighted by Gasteiger charge is -2.42. The Morgan fingerprint density at radius 2 is 1.07 bits per heavy atom. The van der Waals surface area contributed by atoms with Crippen molar-refractivity contribution in [3.8, 4) is 27.9 Å². The summed E-state index contributed by atoms with van der Waals surface area (Å²) in [6.07, 6.45) is 4.60. The first-order chi connectivity index (χ1) is 36.0. The number of nitrogens with one attached hydrogen (secondary N) is 1. The first kappa shape index (κ1) is 46.3. The van der Waals surface area contributed by atoms with Crippen LogP contribution >= 0.6 is 0 Å². The van der Waals surface area contributed by atoms with Crippen molar-refractivity contribution in [3.05, 3.63) is 160 Å². The fraction of sp³-hybridized carbons (Fsp3) is 0.324. The van der Waals surface area contributed by atoms with Crippen molar-refractivity contribution in [2.45, 2.75) is 148 Å². The van der Waals surface area contributed by atoms with Gasteiger partial charge in [-0.1, -0.05) is 150 Å². The second-order valence-electron chi connectivity index (χ2n) is 27.7. The average Bonchev–Trinajstić information content (AvgIpc) is 4.17. The summed E-state index contributed by atoms with van der Waals surface area (Å²) in [5.41, 5.74) is 26.6. The Morgan fingerprint density at radius 3 is 1.76 bits per heavy atom. The summed E-state index contributed by atoms with van der Waals surface area (Å²) in [7, 11) is 2.51. The van der Waals surface area contributed by atoms with Gasteiger partial charge in [0.05, 0.1) is 5.52 Å². The normalized spacial score (nSPS) is 18.2. The lowest BCUT2D eigenvalue weighted by Crippen LogP contribution is -2.38. The first-order valence-electron chi connectivity index (χ1n) is 28.1. The fourth-order valence-corrected chi connectivity index (χ4v) is 14.9. The highest BCUT2D eigenvalue weighted by molar-refractivity contribution is 6.74. The Balaban J connectivity index is 1.12. The van der Waals surface area contributed by atoms with Gasteiger partial charge >= 0.3 is 0 Å². The van der Waals surface area contributed by atoms with Gasteiger partial charge in [0.2, 0.25) is 0 Å². The van der Waals surface area contributed by atoms with Crippen LogP contribution in [0.3, 0.4) is 0 Å². The molecule has 0 spiro atoms. The standard InChI is InChI=1S/C71H68BN2O2/c1-66(2,3)38-22-24-39(25-23-38)73-53-32-43-42-30-48-51(70(10,11)29-27-67(48,4)5)36-58(42)76-57(43)34-45(53)62-63-60(41-19-14-16-20-47(41)71(63,12)13)61-46-31-49-50(69(8,9)28-26-68(49,6)7)35-54(46)74-55-33-44-40-18-15-17-21-56(40)75-59(44)37-52(55)72-64(62)65(61)74/h14-25,30-37,73H,26-29H2,1-13H3. The zero-order valence-electron chi connectivity index (χ0n) is 46.7. The highest BCUT2D eigenvalue weighted by Gasteiger charge is 2.45. The number of nitrogens with zero attached hydrogens (tertiary/aromatic N) is 1. The molecule has 1 radical (unpaired) electrons. The SMILES string of the molecule is CC(C)(C)c1ccc(Nc2cc3c(cc2-c2c4c(c5c6cc7c(cc6n6c5c2[B]c2cc5oc8ccccc8c5cc2-6)C(C)(C)CCC7(C)C)-c2ccccc2C4(C)C)oc2cc4c(cc23)C(C)(C)CCC4(C)C)cc1. The molecule has 4 nitrogen and oxygen atoms in total. The Hall–Kier alpha value is -6.98. The number of hydrogen-bond donors (Lipinski definition) is 1. The smallest absolute Gasteiger partial charge is 0.198 e. The summed E-state index contributed by atoms with van der Waals surface area (Å²) >= 11 is 0. The minimum Gasteiger partial charge on any atom is -0.456 e. The van der Waals surface area contributed by atoms with E-state index in [1.807, 2.05) is 0 Å². The Bertz CT molecular complexity index is 4400. The quantitative estimate of drug-likeness (QED) is 0.179. The Kier molecular flexibility index (Phi) is 8.98. The van der Waals surface area contributed by atoms with Gasteiger partial charge in [-0.15, -0.1) is 0 Å². The van der Waals surface area contributed by atoms with E-state index < -0.39 is 0 Å². The predicted octanol–water partition coefficient (Wildman–Crippen LogP) is 18.3. The zero-order valence-corrected chi connectivity index (χ0v) is 46.7. The van der Waals surface area contributed by atoms with Crippen LogP contribution in [-0.2, 0) is 32.5 Å². The van der Waals surface area contributed by atoms with Gasteiger partial charge in [-0.2, -0.15) is 0 Å². The molecule has 0 amide bonds. The second kappa shape index (κ2) is 14.7. The molecule has 377 valence electrons. The Labute approximate surface area is 448 Å². The van der Waals surface area contributed by atoms with Gasteiger partial charge in [-0.25, -0.2) is 0 Å². The molecule has 4 heterocycles. The van der Waals surface area contributed by atoms with Gasteiger partial charge in [-0.05, 0) is 181 Å². The summed E-state index contributed by atoms with van der Waals surface area (Å²) in [5, 5.41) is 11.4. The number of aromatic nitrogens is 1. The fourth-order valence-electron chi connectivity index (χ4n) is 14.9. The van der Waals surface area contributed by atoms with E-state index >= 15 is 0 Å². The third kappa shape index (κ3) is 6.20. The zero-order chi connectivity index (χ0) is 52.5. The molecule has 5 heteroatoms. The highest BCUT2D eigenvalue weighted by Crippen LogP contribution is 2.59. The molecule has 1 aliphatic heterocycles. The molecule has 15 rings (SSSR count). The van der Waals surface area contributed by atoms with Crippen molar-refractivity contribution in [2.75, 3.05) is 5.32 Å². The van der Waals surface area contributed by atoms with Crippen molar-refractivity contribution >= 4 is 95.3 Å². The van der Waals surface area contributed by atoms with Crippen molar-refractivity contribution in [1.82, 2.24) is 4.57 Å². The third-order valence-corrected chi connectivity index (χ3v) is 19.7. The van der Waals surface area contributed by atoms with Crippen LogP contribution in [0.25, 0.3) is 93.6 Å². The monoisotopic (exact) mass is 992 g/mol. The molecule has 3 aliphatic carbocycles. The molecular formula is C71H68BN2O2. The molecule has 1 N–H and O–H groups in total. The molecule has 0 fully saturated rings. The van der Waals surface area contributed by atoms with E-state index in [9.17, 15) is 0 Å². The van der Waals surface area contributed by atoms with Crippen LogP contribution in [-0.4, -0.2) is 11.8 Å². The van der Waals surface area contributed by atoms with Crippen LogP contribution in [0.1, 0.15) is 155 Å². The molecule has 76 heavy (non-hydrogen) atoms. The van der Waals surface area contributed by atoms with E-state index in [4.69, 9.17) is 8.83 Å². The lowest BCUT2D eigenvalue weighted by atomic mass is 9.57. The van der Waals surface area contributed by atoms with E-state index in [0.717, 1.165) is 86.6 Å². The Morgan fingerprint density at radius 1 is 0.500 bits per heavy atom. The minimum atomic E-state index is -0.364. The summed E-state index contributed by atoms with van der Waals surface area (Å²) < 4.78 is 16.7. The van der Waals surface area contributed by atoms with Gasteiger partial charge in [0.15, 0.2) is 7.28 Å². The minimum absolute atomic E-state index is 0.0209. The molecule has 0 atom stereocenters. The summed E-state index contributed by atoms with van der Waals surface area (Å²) in [5.74, 6) is 0. The number of fused-ring (bicyclic) bond motifs is 17. The van der Waals surface area contributed by atoms with Crippen LogP contribution in [0.2, 0.25) is 0 Å². The van der Waals surface area contributed by atoms with Crippen molar-refractivity contribution < 1.29 is 8.83 Å². The van der Waals surface area contributed by atoms with Gasteiger partial charge in [0, 0.05) is 65.9 Å². The van der Waals surface area contributed by atoms with E-state index in [0.29, 0.717) is 0 Å². The lowest BCUT2D eigenvalue weighted by molar-refractivity contribution is 0.332. The van der Waals surface area contributed by atoms with Gasteiger partial charge in [0.25, 0.3) is 0 Å². The van der Waals surface area contributed by atoms with Crippen molar-refractivity contribution in [1.29, 1.82) is 0 Å². The van der Waals surface area contributed by atoms with E-state index in [-0.39, 0.29) is 32.5 Å². The number of hydrogen-bond acceptors (Lipinski definition) is 3. The molecule has 0 bridgehead atoms. The molecule has 4 aliphatic rings. The third-order valence-electron chi connectivity index (χ3n) is 19.7. The summed E-state index contributed by atoms with van der Waals surface area (Å²) in [6, 6.07) is 46.6. The van der Waals surface area contributed by atoms with Crippen LogP contribution in [0, 0.1) is 0 Å². The summed E-state index contributed by atoms with van der Waals surface area (Å²) in [4.78, 5) is 0. The maximum absolute atomic E-state index is 7.25. The molecule has 3 aromatic heterocycles. The number of anilines is 2. The van der Waals surface area contributed by atoms with E-state index in [1.54, 1.807) is 0 Å². The summed E-state index contributed by atoms with van der Waals surface area (Å²) in [6.45, 7) is 31.3. The number of rotatable bonds is 3. The maximum atomic E-state index is 7.25. The van der Waals surface area contributed by atoms with Crippen LogP contribution < -0.4 is 16.2 Å². The van der Waals surface area contributed by atoms with E-state index in [2.05, 4.69) is 228 Å². The molecule has 11 aromatic rings. The van der Waals surface area contributed by atoms with Crippen LogP contribution in [0.15, 0.2) is 130 Å². The number of para-hydroxylation sites is 1. The van der Waals surface area contributed by atoms with E-state index in [1.165, 1.54) is 94.0 Å². The van der Waals surface area contributed by atoms with Crippen LogP contribution in [0.5, 0.6) is 0 Å². The first-order valence-corrected chi connectivity index (χ1v) is 28.1. The topological polar surface area (TPSA) is 43.2 Å². The predicted molar refractivity (Wildman–Crippen MR) is 322 cm³/mol. The number of furan rings is 2. The van der Waals surface area contributed by atoms with Gasteiger partial charge < -0.3 is 18.7 Å². The molecular weight excluding hydrogens is 924 g/mol. The van der Waals surface area contributed by atoms with Gasteiger partial charge in [-0.3, -0.25) is 0 Å². The average molecular weight is 992 g/mol. The molecule has 8 aromatic carbocycles. The van der Waals surface area contributed by atoms with Gasteiger partial charge in [0.1, 0.15) is 22.3 Å². The number of benzene rings is 8. The maximum Gasteiger partial charge on any atom is 0.198 e. The largest absolute Gasteiger partial charge is 0.456 e. The highest BCUT2D eigenvalue weighted by atomic mass is 16.3.